The third-order valence-electron chi connectivity index (χ3n) is 8.60. The van der Waals surface area contributed by atoms with E-state index in [1.165, 1.54) is 4.68 Å². The number of nitrogens with one attached hydrogen (secondary N) is 1. The zero-order valence-electron chi connectivity index (χ0n) is 26.5. The second-order valence-electron chi connectivity index (χ2n) is 13.0. The van der Waals surface area contributed by atoms with Gasteiger partial charge in [0.05, 0.1) is 23.5 Å². The van der Waals surface area contributed by atoms with E-state index < -0.39 is 5.60 Å². The fourth-order valence-corrected chi connectivity index (χ4v) is 6.37. The molecule has 5 rings (SSSR count). The molecule has 4 aromatic rings. The third-order valence-corrected chi connectivity index (χ3v) is 8.60. The molecule has 0 saturated heterocycles. The van der Waals surface area contributed by atoms with Gasteiger partial charge in [0.2, 0.25) is 5.91 Å². The summed E-state index contributed by atoms with van der Waals surface area (Å²) in [6, 6.07) is 21.5. The number of aryl methyl sites for hydroxylation is 2. The van der Waals surface area contributed by atoms with Crippen molar-refractivity contribution in [2.24, 2.45) is 5.92 Å². The topological polar surface area (TPSA) is 90.3 Å². The van der Waals surface area contributed by atoms with Crippen LogP contribution in [-0.2, 0) is 27.3 Å². The number of carbonyl (C=O) groups excluding carboxylic acids is 2. The van der Waals surface area contributed by atoms with E-state index in [2.05, 4.69) is 10.4 Å². The van der Waals surface area contributed by atoms with Crippen molar-refractivity contribution in [3.63, 3.8) is 0 Å². The Labute approximate surface area is 259 Å². The number of rotatable bonds is 9. The quantitative estimate of drug-likeness (QED) is 0.207. The molecule has 1 N–H and O–H groups in total. The number of fused-ring (bicyclic) bond motifs is 1. The first-order valence-electron chi connectivity index (χ1n) is 15.7. The highest BCUT2D eigenvalue weighted by Crippen LogP contribution is 2.38. The summed E-state index contributed by atoms with van der Waals surface area (Å²) in [6.07, 6.45) is 5.12. The average molecular weight is 594 g/mol. The normalized spacial score (nSPS) is 14.5. The van der Waals surface area contributed by atoms with Crippen LogP contribution in [0.2, 0.25) is 0 Å². The lowest BCUT2D eigenvalue weighted by Crippen LogP contribution is -2.27. The first-order chi connectivity index (χ1) is 21.0. The molecule has 1 aliphatic carbocycles. The Morgan fingerprint density at radius 3 is 2.32 bits per heavy atom. The fourth-order valence-electron chi connectivity index (χ4n) is 6.37. The van der Waals surface area contributed by atoms with Crippen molar-refractivity contribution >= 4 is 28.3 Å². The number of amides is 1. The number of hydrogen-bond donors (Lipinski definition) is 1. The largest absolute Gasteiger partial charge is 0.460 e. The van der Waals surface area contributed by atoms with Crippen molar-refractivity contribution in [2.45, 2.75) is 91.2 Å². The summed E-state index contributed by atoms with van der Waals surface area (Å²) in [7, 11) is 0. The first-order valence-corrected chi connectivity index (χ1v) is 15.7. The number of aromatic nitrogens is 2. The maximum atomic E-state index is 13.9. The van der Waals surface area contributed by atoms with Gasteiger partial charge in [-0.1, -0.05) is 67.4 Å². The lowest BCUT2D eigenvalue weighted by Gasteiger charge is -2.24. The Morgan fingerprint density at radius 1 is 0.955 bits per heavy atom. The van der Waals surface area contributed by atoms with Crippen LogP contribution in [0, 0.1) is 19.8 Å². The highest BCUT2D eigenvalue weighted by Gasteiger charge is 2.32. The van der Waals surface area contributed by atoms with E-state index in [9.17, 15) is 14.4 Å². The van der Waals surface area contributed by atoms with E-state index in [1.54, 1.807) is 0 Å². The van der Waals surface area contributed by atoms with E-state index in [-0.39, 0.29) is 35.7 Å². The van der Waals surface area contributed by atoms with Crippen LogP contribution in [0.1, 0.15) is 86.7 Å². The minimum absolute atomic E-state index is 0.0138. The van der Waals surface area contributed by atoms with Crippen LogP contribution in [0.15, 0.2) is 71.5 Å². The Bertz CT molecular complexity index is 1710. The van der Waals surface area contributed by atoms with Crippen LogP contribution in [0.3, 0.4) is 0 Å². The summed E-state index contributed by atoms with van der Waals surface area (Å²) in [5.74, 6) is -0.253. The van der Waals surface area contributed by atoms with Gasteiger partial charge >= 0.3 is 5.97 Å². The highest BCUT2D eigenvalue weighted by atomic mass is 16.6. The van der Waals surface area contributed by atoms with Crippen molar-refractivity contribution in [1.29, 1.82) is 0 Å². The Hall–Kier alpha value is -4.26. The van der Waals surface area contributed by atoms with E-state index in [0.717, 1.165) is 64.7 Å². The summed E-state index contributed by atoms with van der Waals surface area (Å²) >= 11 is 0. The van der Waals surface area contributed by atoms with Crippen LogP contribution in [-0.4, -0.2) is 27.3 Å². The zero-order chi connectivity index (χ0) is 31.4. The molecule has 1 aliphatic rings. The predicted molar refractivity (Wildman–Crippen MR) is 175 cm³/mol. The van der Waals surface area contributed by atoms with E-state index in [4.69, 9.17) is 4.74 Å². The predicted octanol–water partition coefficient (Wildman–Crippen LogP) is 7.25. The maximum absolute atomic E-state index is 13.9. The molecule has 7 nitrogen and oxygen atoms in total. The number of esters is 1. The molecular formula is C37H43N3O4. The Kier molecular flexibility index (Phi) is 9.33. The number of anilines is 1. The molecule has 1 fully saturated rings. The second kappa shape index (κ2) is 13.2. The Morgan fingerprint density at radius 2 is 1.64 bits per heavy atom. The zero-order valence-corrected chi connectivity index (χ0v) is 26.5. The molecule has 1 amide bonds. The standard InChI is InChI=1S/C37H43N3O4/c1-24-27(21-22-33(41)44-37(3,4)5)13-10-16-32(24)38-35(42)34(28-11-6-7-12-28)29-19-17-26(18-20-29)23-40-36(43)31-15-9-8-14-30(31)25(2)39-40/h8-10,13-20,28,34H,6-7,11-12,21-23H2,1-5H3,(H,38,42). The Balaban J connectivity index is 1.33. The van der Waals surface area contributed by atoms with E-state index in [0.29, 0.717) is 18.4 Å². The SMILES string of the molecule is Cc1c(CCC(=O)OC(C)(C)C)cccc1NC(=O)C(c1ccc(Cn2nc(C)c3ccccc3c2=O)cc1)C1CCCC1. The van der Waals surface area contributed by atoms with Crippen LogP contribution >= 0.6 is 0 Å². The summed E-state index contributed by atoms with van der Waals surface area (Å²) in [5.41, 5.74) is 4.88. The van der Waals surface area contributed by atoms with Gasteiger partial charge in [-0.25, -0.2) is 4.68 Å². The van der Waals surface area contributed by atoms with E-state index in [1.807, 2.05) is 101 Å². The monoisotopic (exact) mass is 593 g/mol. The van der Waals surface area contributed by atoms with Gasteiger partial charge in [0, 0.05) is 17.5 Å². The maximum Gasteiger partial charge on any atom is 0.306 e. The van der Waals surface area contributed by atoms with Gasteiger partial charge in [-0.15, -0.1) is 0 Å². The first kappa shape index (κ1) is 31.2. The molecule has 1 atom stereocenters. The number of hydrogen-bond acceptors (Lipinski definition) is 5. The molecule has 3 aromatic carbocycles. The molecule has 0 bridgehead atoms. The van der Waals surface area contributed by atoms with Gasteiger partial charge in [-0.05, 0) is 94.2 Å². The van der Waals surface area contributed by atoms with Gasteiger partial charge < -0.3 is 10.1 Å². The van der Waals surface area contributed by atoms with Crippen LogP contribution in [0.5, 0.6) is 0 Å². The molecule has 7 heteroatoms. The summed E-state index contributed by atoms with van der Waals surface area (Å²) in [5, 5.41) is 9.33. The number of carbonyl (C=O) groups is 2. The van der Waals surface area contributed by atoms with Crippen molar-refractivity contribution in [3.8, 4) is 0 Å². The van der Waals surface area contributed by atoms with Gasteiger partial charge in [0.15, 0.2) is 0 Å². The third kappa shape index (κ3) is 7.26. The number of nitrogens with zero attached hydrogens (tertiary/aromatic N) is 2. The summed E-state index contributed by atoms with van der Waals surface area (Å²) in [6.45, 7) is 9.87. The van der Waals surface area contributed by atoms with Gasteiger partial charge in [0.25, 0.3) is 5.56 Å². The minimum atomic E-state index is -0.514. The highest BCUT2D eigenvalue weighted by molar-refractivity contribution is 5.97. The van der Waals surface area contributed by atoms with Crippen LogP contribution in [0.25, 0.3) is 10.8 Å². The molecule has 1 saturated carbocycles. The average Bonchev–Trinajstić information content (AvgIpc) is 3.51. The molecule has 1 heterocycles. The lowest BCUT2D eigenvalue weighted by molar-refractivity contribution is -0.154. The van der Waals surface area contributed by atoms with Crippen molar-refractivity contribution in [1.82, 2.24) is 9.78 Å². The molecule has 230 valence electrons. The smallest absolute Gasteiger partial charge is 0.306 e. The minimum Gasteiger partial charge on any atom is -0.460 e. The van der Waals surface area contributed by atoms with Crippen molar-refractivity contribution in [2.75, 3.05) is 5.32 Å². The molecule has 1 unspecified atom stereocenters. The molecule has 0 spiro atoms. The molecule has 0 aliphatic heterocycles. The fraction of sp³-hybridized carbons (Fsp3) is 0.405. The summed E-state index contributed by atoms with van der Waals surface area (Å²) in [4.78, 5) is 39.3. The molecule has 0 radical (unpaired) electrons. The number of benzene rings is 3. The second-order valence-corrected chi connectivity index (χ2v) is 13.0. The van der Waals surface area contributed by atoms with Gasteiger partial charge in [-0.3, -0.25) is 14.4 Å². The molecule has 1 aromatic heterocycles. The van der Waals surface area contributed by atoms with Crippen LogP contribution in [0.4, 0.5) is 5.69 Å². The van der Waals surface area contributed by atoms with Gasteiger partial charge in [-0.2, -0.15) is 5.10 Å². The van der Waals surface area contributed by atoms with Crippen molar-refractivity contribution < 1.29 is 14.3 Å². The van der Waals surface area contributed by atoms with E-state index >= 15 is 0 Å². The molecular weight excluding hydrogens is 550 g/mol. The van der Waals surface area contributed by atoms with Gasteiger partial charge in [0.1, 0.15) is 5.60 Å². The lowest BCUT2D eigenvalue weighted by atomic mass is 9.83. The summed E-state index contributed by atoms with van der Waals surface area (Å²) < 4.78 is 6.99. The van der Waals surface area contributed by atoms with Crippen molar-refractivity contribution in [3.05, 3.63) is 105 Å². The molecule has 44 heavy (non-hydrogen) atoms. The number of ether oxygens (including phenoxy) is 1. The van der Waals surface area contributed by atoms with Crippen LogP contribution < -0.4 is 10.9 Å².